The summed E-state index contributed by atoms with van der Waals surface area (Å²) in [6, 6.07) is 6.30. The molecule has 2 spiro atoms. The van der Waals surface area contributed by atoms with Gasteiger partial charge in [0.2, 0.25) is 0 Å². The Labute approximate surface area is 127 Å². The Morgan fingerprint density at radius 2 is 1.80 bits per heavy atom. The van der Waals surface area contributed by atoms with Crippen molar-refractivity contribution < 1.29 is 9.47 Å². The molecular formula is C16H18BrNO2. The summed E-state index contributed by atoms with van der Waals surface area (Å²) in [5.74, 6) is -0.310. The summed E-state index contributed by atoms with van der Waals surface area (Å²) in [6.45, 7) is 3.64. The lowest BCUT2D eigenvalue weighted by Gasteiger charge is -2.42. The lowest BCUT2D eigenvalue weighted by atomic mass is 9.66. The van der Waals surface area contributed by atoms with Gasteiger partial charge in [0.05, 0.1) is 18.9 Å². The van der Waals surface area contributed by atoms with E-state index in [0.29, 0.717) is 0 Å². The maximum Gasteiger partial charge on any atom is 0.168 e. The van der Waals surface area contributed by atoms with E-state index in [1.807, 2.05) is 0 Å². The highest BCUT2D eigenvalue weighted by molar-refractivity contribution is 9.10. The third kappa shape index (κ3) is 1.68. The molecule has 0 aromatic heterocycles. The van der Waals surface area contributed by atoms with E-state index in [4.69, 9.17) is 14.5 Å². The number of nitrogens with zero attached hydrogens (tertiary/aromatic N) is 1. The van der Waals surface area contributed by atoms with Gasteiger partial charge in [-0.2, -0.15) is 0 Å². The topological polar surface area (TPSA) is 30.8 Å². The second-order valence-electron chi connectivity index (χ2n) is 6.02. The Balaban J connectivity index is 1.72. The molecule has 1 aromatic carbocycles. The third-order valence-corrected chi connectivity index (χ3v) is 5.79. The van der Waals surface area contributed by atoms with Crippen molar-refractivity contribution in [2.45, 2.75) is 43.8 Å². The molecule has 4 heteroatoms. The maximum atomic E-state index is 5.86. The van der Waals surface area contributed by atoms with Gasteiger partial charge in [0.1, 0.15) is 0 Å². The van der Waals surface area contributed by atoms with E-state index in [-0.39, 0.29) is 11.2 Å². The van der Waals surface area contributed by atoms with Crippen molar-refractivity contribution in [1.82, 2.24) is 0 Å². The first-order chi connectivity index (χ1) is 9.65. The first-order valence-electron chi connectivity index (χ1n) is 7.28. The molecule has 0 bridgehead atoms. The van der Waals surface area contributed by atoms with Gasteiger partial charge in [0.25, 0.3) is 0 Å². The molecule has 1 aliphatic carbocycles. The van der Waals surface area contributed by atoms with Crippen LogP contribution >= 0.6 is 15.9 Å². The minimum atomic E-state index is -0.310. The van der Waals surface area contributed by atoms with Gasteiger partial charge in [-0.1, -0.05) is 22.0 Å². The normalized spacial score (nSPS) is 26.0. The molecule has 20 heavy (non-hydrogen) atoms. The Morgan fingerprint density at radius 1 is 1.10 bits per heavy atom. The van der Waals surface area contributed by atoms with E-state index < -0.39 is 0 Å². The van der Waals surface area contributed by atoms with Crippen molar-refractivity contribution in [2.75, 3.05) is 13.2 Å². The van der Waals surface area contributed by atoms with E-state index in [9.17, 15) is 0 Å². The van der Waals surface area contributed by atoms with E-state index in [0.717, 1.165) is 44.6 Å². The van der Waals surface area contributed by atoms with E-state index >= 15 is 0 Å². The zero-order chi connectivity index (χ0) is 13.8. The predicted octanol–water partition coefficient (Wildman–Crippen LogP) is 4.11. The molecule has 106 valence electrons. The van der Waals surface area contributed by atoms with Crippen LogP contribution in [0.3, 0.4) is 0 Å². The van der Waals surface area contributed by atoms with Gasteiger partial charge >= 0.3 is 0 Å². The molecule has 1 saturated heterocycles. The van der Waals surface area contributed by atoms with Crippen LogP contribution in [0.25, 0.3) is 0 Å². The number of fused-ring (bicyclic) bond motifs is 2. The lowest BCUT2D eigenvalue weighted by molar-refractivity contribution is -0.181. The van der Waals surface area contributed by atoms with Crippen molar-refractivity contribution >= 4 is 27.3 Å². The molecule has 1 aromatic rings. The second-order valence-corrected chi connectivity index (χ2v) is 6.88. The third-order valence-electron chi connectivity index (χ3n) is 5.13. The molecule has 0 amide bonds. The quantitative estimate of drug-likeness (QED) is 0.714. The van der Waals surface area contributed by atoms with E-state index in [1.165, 1.54) is 15.7 Å². The second kappa shape index (κ2) is 4.39. The van der Waals surface area contributed by atoms with Gasteiger partial charge in [0.15, 0.2) is 5.79 Å². The number of ether oxygens (including phenoxy) is 2. The first-order valence-corrected chi connectivity index (χ1v) is 8.07. The number of rotatable bonds is 0. The Bertz CT molecular complexity index is 580. The summed E-state index contributed by atoms with van der Waals surface area (Å²) in [4.78, 5) is 4.81. The molecule has 4 rings (SSSR count). The van der Waals surface area contributed by atoms with Crippen molar-refractivity contribution in [3.8, 4) is 0 Å². The van der Waals surface area contributed by atoms with Crippen LogP contribution in [-0.2, 0) is 14.9 Å². The average molecular weight is 336 g/mol. The molecular weight excluding hydrogens is 318 g/mol. The predicted molar refractivity (Wildman–Crippen MR) is 81.7 cm³/mol. The lowest BCUT2D eigenvalue weighted by Crippen LogP contribution is -2.44. The van der Waals surface area contributed by atoms with E-state index in [1.54, 1.807) is 0 Å². The van der Waals surface area contributed by atoms with Crippen LogP contribution in [0.2, 0.25) is 0 Å². The van der Waals surface area contributed by atoms with Gasteiger partial charge in [-0.3, -0.25) is 4.99 Å². The summed E-state index contributed by atoms with van der Waals surface area (Å²) in [6.07, 6.45) is 4.02. The van der Waals surface area contributed by atoms with Crippen molar-refractivity contribution in [3.63, 3.8) is 0 Å². The Morgan fingerprint density at radius 3 is 2.50 bits per heavy atom. The molecule has 2 heterocycles. The maximum absolute atomic E-state index is 5.86. The molecule has 3 aliphatic rings. The summed E-state index contributed by atoms with van der Waals surface area (Å²) in [5, 5.41) is 0. The molecule has 3 nitrogen and oxygen atoms in total. The zero-order valence-electron chi connectivity index (χ0n) is 11.6. The minimum absolute atomic E-state index is 0.0794. The zero-order valence-corrected chi connectivity index (χ0v) is 13.2. The van der Waals surface area contributed by atoms with Crippen LogP contribution in [0.5, 0.6) is 0 Å². The highest BCUT2D eigenvalue weighted by Crippen LogP contribution is 2.54. The van der Waals surface area contributed by atoms with Crippen LogP contribution < -0.4 is 0 Å². The molecule has 2 fully saturated rings. The van der Waals surface area contributed by atoms with Gasteiger partial charge < -0.3 is 9.47 Å². The minimum Gasteiger partial charge on any atom is -0.348 e. The molecule has 2 aliphatic heterocycles. The van der Waals surface area contributed by atoms with Gasteiger partial charge in [-0.15, -0.1) is 0 Å². The molecule has 0 atom stereocenters. The largest absolute Gasteiger partial charge is 0.348 e. The van der Waals surface area contributed by atoms with E-state index in [2.05, 4.69) is 41.1 Å². The number of hydrogen-bond acceptors (Lipinski definition) is 3. The van der Waals surface area contributed by atoms with Crippen molar-refractivity contribution in [2.24, 2.45) is 4.99 Å². The average Bonchev–Trinajstić information content (AvgIpc) is 2.99. The molecule has 0 N–H and O–H groups in total. The number of halogens is 1. The van der Waals surface area contributed by atoms with Crippen LogP contribution in [0.15, 0.2) is 27.7 Å². The molecule has 0 radical (unpaired) electrons. The fourth-order valence-electron chi connectivity index (χ4n) is 4.00. The highest BCUT2D eigenvalue weighted by Gasteiger charge is 2.51. The van der Waals surface area contributed by atoms with Crippen molar-refractivity contribution in [3.05, 3.63) is 28.2 Å². The fourth-order valence-corrected chi connectivity index (χ4v) is 4.74. The number of aliphatic imine (C=N–C) groups is 1. The smallest absolute Gasteiger partial charge is 0.168 e. The first kappa shape index (κ1) is 13.0. The summed E-state index contributed by atoms with van der Waals surface area (Å²) < 4.78 is 12.9. The Kier molecular flexibility index (Phi) is 2.85. The molecule has 1 saturated carbocycles. The SMILES string of the molecule is CC1=Nc2cccc(Br)c2C12CCC1(CC2)OCCO1. The number of benzene rings is 1. The molecule has 0 unspecified atom stereocenters. The summed E-state index contributed by atoms with van der Waals surface area (Å²) >= 11 is 3.72. The Hall–Kier alpha value is -0.710. The van der Waals surface area contributed by atoms with Crippen molar-refractivity contribution in [1.29, 1.82) is 0 Å². The fraction of sp³-hybridized carbons (Fsp3) is 0.562. The van der Waals surface area contributed by atoms with Crippen LogP contribution in [0.4, 0.5) is 5.69 Å². The summed E-state index contributed by atoms with van der Waals surface area (Å²) in [5.41, 5.74) is 3.81. The van der Waals surface area contributed by atoms with Gasteiger partial charge in [0, 0.05) is 34.0 Å². The van der Waals surface area contributed by atoms with Crippen LogP contribution in [0.1, 0.15) is 38.2 Å². The van der Waals surface area contributed by atoms with Crippen LogP contribution in [0, 0.1) is 0 Å². The summed E-state index contributed by atoms with van der Waals surface area (Å²) in [7, 11) is 0. The monoisotopic (exact) mass is 335 g/mol. The number of hydrogen-bond donors (Lipinski definition) is 0. The highest BCUT2D eigenvalue weighted by atomic mass is 79.9. The standard InChI is InChI=1S/C16H18BrNO2/c1-11-15(14-12(17)3-2-4-13(14)18-11)5-7-16(8-6-15)19-9-10-20-16/h2-4H,5-10H2,1H3. The van der Waals surface area contributed by atoms with Gasteiger partial charge in [-0.05, 0) is 31.9 Å². The van der Waals surface area contributed by atoms with Crippen LogP contribution in [-0.4, -0.2) is 24.7 Å². The van der Waals surface area contributed by atoms with Gasteiger partial charge in [-0.25, -0.2) is 0 Å².